The second-order valence-electron chi connectivity index (χ2n) is 11.1. The van der Waals surface area contributed by atoms with Gasteiger partial charge in [0.25, 0.3) is 5.82 Å². The summed E-state index contributed by atoms with van der Waals surface area (Å²) in [6.07, 6.45) is 0. The summed E-state index contributed by atoms with van der Waals surface area (Å²) in [6.45, 7) is 18.7. The Morgan fingerprint density at radius 1 is 0.688 bits per heavy atom. The van der Waals surface area contributed by atoms with Crippen LogP contribution in [0.2, 0.25) is 0 Å². The van der Waals surface area contributed by atoms with Crippen molar-refractivity contribution >= 4 is 11.0 Å². The maximum absolute atomic E-state index is 2.62. The molecule has 32 heavy (non-hydrogen) atoms. The lowest BCUT2D eigenvalue weighted by Gasteiger charge is -2.23. The number of fused-ring (bicyclic) bond motifs is 8. The molecule has 0 radical (unpaired) electrons. The molecule has 0 spiro atoms. The summed E-state index contributed by atoms with van der Waals surface area (Å²) in [5.74, 6) is 1.34. The summed E-state index contributed by atoms with van der Waals surface area (Å²) >= 11 is 0. The number of nitrogens with zero attached hydrogens (tertiary/aromatic N) is 2. The fraction of sp³-hybridized carbons (Fsp3) is 0.367. The van der Waals surface area contributed by atoms with Crippen molar-refractivity contribution in [2.24, 2.45) is 7.05 Å². The number of benzene rings is 3. The Labute approximate surface area is 191 Å². The van der Waals surface area contributed by atoms with Crippen LogP contribution in [0.5, 0.6) is 0 Å². The summed E-state index contributed by atoms with van der Waals surface area (Å²) < 4.78 is 5.08. The Kier molecular flexibility index (Phi) is 3.54. The first kappa shape index (κ1) is 19.8. The van der Waals surface area contributed by atoms with E-state index in [9.17, 15) is 0 Å². The Hall–Kier alpha value is -2.87. The van der Waals surface area contributed by atoms with Gasteiger partial charge >= 0.3 is 0 Å². The van der Waals surface area contributed by atoms with Gasteiger partial charge in [0.1, 0.15) is 5.54 Å². The second-order valence-corrected chi connectivity index (χ2v) is 11.1. The normalized spacial score (nSPS) is 16.8. The molecule has 2 heteroatoms. The lowest BCUT2D eigenvalue weighted by atomic mass is 9.80. The minimum atomic E-state index is -0.111. The molecule has 0 atom stereocenters. The Morgan fingerprint density at radius 3 is 2.03 bits per heavy atom. The minimum Gasteiger partial charge on any atom is -0.225 e. The number of rotatable bonds is 0. The quantitative estimate of drug-likeness (QED) is 0.277. The Balaban J connectivity index is 1.76. The average Bonchev–Trinajstić information content (AvgIpc) is 3.28. The van der Waals surface area contributed by atoms with Crippen molar-refractivity contribution in [3.05, 3.63) is 75.3 Å². The van der Waals surface area contributed by atoms with Crippen molar-refractivity contribution in [3.63, 3.8) is 0 Å². The van der Waals surface area contributed by atoms with Gasteiger partial charge in [-0.15, -0.1) is 0 Å². The molecule has 4 aromatic rings. The predicted octanol–water partition coefficient (Wildman–Crippen LogP) is 6.77. The highest BCUT2D eigenvalue weighted by atomic mass is 15.2. The van der Waals surface area contributed by atoms with E-state index in [2.05, 4.69) is 108 Å². The van der Waals surface area contributed by atoms with Gasteiger partial charge in [0, 0.05) is 22.1 Å². The van der Waals surface area contributed by atoms with Gasteiger partial charge < -0.3 is 0 Å². The maximum atomic E-state index is 2.62. The van der Waals surface area contributed by atoms with E-state index in [4.69, 9.17) is 0 Å². The van der Waals surface area contributed by atoms with Crippen LogP contribution in [0.3, 0.4) is 0 Å². The van der Waals surface area contributed by atoms with Gasteiger partial charge in [-0.3, -0.25) is 0 Å². The standard InChI is InChI=1S/C30H33N2/c1-16-17(2)19(4)27-26(18(16)3)31(9)28-22-15-24-21(14-25(22)30(7,8)32(27)28)20-12-10-11-13-23(20)29(24,5)6/h10-15H,1-9H3/q+1. The molecular weight excluding hydrogens is 388 g/mol. The van der Waals surface area contributed by atoms with Crippen LogP contribution in [-0.2, 0) is 18.0 Å². The second kappa shape index (κ2) is 5.73. The number of hydrogen-bond donors (Lipinski definition) is 0. The molecule has 0 N–H and O–H groups in total. The molecule has 0 saturated heterocycles. The van der Waals surface area contributed by atoms with E-state index < -0.39 is 0 Å². The zero-order chi connectivity index (χ0) is 22.9. The van der Waals surface area contributed by atoms with E-state index in [0.717, 1.165) is 0 Å². The summed E-state index contributed by atoms with van der Waals surface area (Å²) in [4.78, 5) is 0. The van der Waals surface area contributed by atoms with Crippen molar-refractivity contribution in [2.75, 3.05) is 0 Å². The number of imidazole rings is 1. The van der Waals surface area contributed by atoms with Crippen LogP contribution in [0.15, 0.2) is 36.4 Å². The third-order valence-electron chi connectivity index (χ3n) is 8.89. The van der Waals surface area contributed by atoms with E-state index in [0.29, 0.717) is 0 Å². The summed E-state index contributed by atoms with van der Waals surface area (Å²) in [6, 6.07) is 14.0. The maximum Gasteiger partial charge on any atom is 0.290 e. The highest BCUT2D eigenvalue weighted by molar-refractivity contribution is 5.90. The summed E-state index contributed by atoms with van der Waals surface area (Å²) in [7, 11) is 2.26. The molecule has 0 fully saturated rings. The zero-order valence-electron chi connectivity index (χ0n) is 20.9. The third kappa shape index (κ3) is 2.00. The topological polar surface area (TPSA) is 8.81 Å². The van der Waals surface area contributed by atoms with Gasteiger partial charge in [-0.2, -0.15) is 0 Å². The summed E-state index contributed by atoms with van der Waals surface area (Å²) in [5, 5.41) is 0. The number of hydrogen-bond acceptors (Lipinski definition) is 0. The molecule has 6 rings (SSSR count). The van der Waals surface area contributed by atoms with Crippen molar-refractivity contribution < 1.29 is 4.57 Å². The largest absolute Gasteiger partial charge is 0.290 e. The molecule has 0 bridgehead atoms. The lowest BCUT2D eigenvalue weighted by molar-refractivity contribution is -0.634. The first-order valence-electron chi connectivity index (χ1n) is 11.8. The van der Waals surface area contributed by atoms with Crippen LogP contribution in [-0.4, -0.2) is 4.57 Å². The first-order valence-corrected chi connectivity index (χ1v) is 11.8. The van der Waals surface area contributed by atoms with E-state index >= 15 is 0 Å². The van der Waals surface area contributed by atoms with Crippen LogP contribution >= 0.6 is 0 Å². The SMILES string of the molecule is Cc1c(C)c(C)c2c(c1C)n1c([n+]2C)-c2cc3c(cc2C1(C)C)-c1ccccc1C3(C)C. The van der Waals surface area contributed by atoms with Crippen molar-refractivity contribution in [2.45, 2.75) is 66.3 Å². The Morgan fingerprint density at radius 2 is 1.31 bits per heavy atom. The van der Waals surface area contributed by atoms with Gasteiger partial charge in [0.2, 0.25) is 0 Å². The fourth-order valence-corrected chi connectivity index (χ4v) is 6.72. The highest BCUT2D eigenvalue weighted by Crippen LogP contribution is 2.54. The van der Waals surface area contributed by atoms with Gasteiger partial charge in [-0.25, -0.2) is 9.13 Å². The molecule has 2 aliphatic rings. The van der Waals surface area contributed by atoms with Gasteiger partial charge in [0.05, 0.1) is 12.6 Å². The molecule has 3 aromatic carbocycles. The van der Waals surface area contributed by atoms with E-state index in [1.807, 2.05) is 0 Å². The van der Waals surface area contributed by atoms with Crippen molar-refractivity contribution in [1.82, 2.24) is 4.57 Å². The highest BCUT2D eigenvalue weighted by Gasteiger charge is 2.49. The predicted molar refractivity (Wildman–Crippen MR) is 133 cm³/mol. The number of aromatic nitrogens is 2. The van der Waals surface area contributed by atoms with Gasteiger partial charge in [-0.05, 0) is 87.1 Å². The Bertz CT molecular complexity index is 1510. The number of aryl methyl sites for hydroxylation is 3. The van der Waals surface area contributed by atoms with Crippen LogP contribution in [0.25, 0.3) is 33.5 Å². The fourth-order valence-electron chi connectivity index (χ4n) is 6.72. The molecule has 0 amide bonds. The molecular formula is C30H33N2+. The first-order chi connectivity index (χ1) is 15.0. The molecule has 162 valence electrons. The van der Waals surface area contributed by atoms with Gasteiger partial charge in [0.15, 0.2) is 11.0 Å². The monoisotopic (exact) mass is 421 g/mol. The third-order valence-corrected chi connectivity index (χ3v) is 8.89. The van der Waals surface area contributed by atoms with E-state index in [-0.39, 0.29) is 11.0 Å². The van der Waals surface area contributed by atoms with E-state index in [1.54, 1.807) is 0 Å². The minimum absolute atomic E-state index is 0.0160. The smallest absolute Gasteiger partial charge is 0.225 e. The zero-order valence-corrected chi connectivity index (χ0v) is 20.9. The van der Waals surface area contributed by atoms with Crippen molar-refractivity contribution in [3.8, 4) is 22.5 Å². The lowest BCUT2D eigenvalue weighted by Crippen LogP contribution is -2.31. The van der Waals surface area contributed by atoms with Crippen LogP contribution in [0, 0.1) is 27.7 Å². The molecule has 1 aromatic heterocycles. The molecule has 1 aliphatic carbocycles. The van der Waals surface area contributed by atoms with Crippen LogP contribution in [0.1, 0.15) is 66.6 Å². The molecule has 0 saturated carbocycles. The molecule has 1 aliphatic heterocycles. The van der Waals surface area contributed by atoms with Crippen LogP contribution < -0.4 is 4.57 Å². The average molecular weight is 422 g/mol. The molecule has 0 unspecified atom stereocenters. The molecule has 2 nitrogen and oxygen atoms in total. The molecule has 2 heterocycles. The van der Waals surface area contributed by atoms with Crippen LogP contribution in [0.4, 0.5) is 0 Å². The van der Waals surface area contributed by atoms with E-state index in [1.165, 1.54) is 72.5 Å². The summed E-state index contributed by atoms with van der Waals surface area (Å²) in [5.41, 5.74) is 16.8. The van der Waals surface area contributed by atoms with Crippen molar-refractivity contribution in [1.29, 1.82) is 0 Å². The van der Waals surface area contributed by atoms with Gasteiger partial charge in [-0.1, -0.05) is 38.1 Å².